The molecule has 0 saturated carbocycles. The smallest absolute Gasteiger partial charge is 0.462 e. The number of carbonyl (C=O) groups is 3. The highest BCUT2D eigenvalue weighted by Gasteiger charge is 2.28. The summed E-state index contributed by atoms with van der Waals surface area (Å²) in [7, 11) is -4.73. The fraction of sp³-hybridized carbons (Fsp3) is 0.914. The molecule has 0 amide bonds. The van der Waals surface area contributed by atoms with E-state index in [2.05, 4.69) is 32.9 Å². The molecule has 0 aromatic heterocycles. The van der Waals surface area contributed by atoms with Gasteiger partial charge in [-0.15, -0.1) is 0 Å². The number of rotatable bonds is 56. The van der Waals surface area contributed by atoms with Crippen molar-refractivity contribution in [1.82, 2.24) is 0 Å². The Labute approximate surface area is 430 Å². The maximum Gasteiger partial charge on any atom is 0.472 e. The van der Waals surface area contributed by atoms with Crippen molar-refractivity contribution in [3.63, 3.8) is 0 Å². The van der Waals surface area contributed by atoms with Crippen LogP contribution in [-0.4, -0.2) is 66.5 Å². The lowest BCUT2D eigenvalue weighted by molar-refractivity contribution is -0.161. The minimum atomic E-state index is -4.73. The number of phosphoric ester groups is 1. The van der Waals surface area contributed by atoms with E-state index in [9.17, 15) is 28.9 Å². The summed E-state index contributed by atoms with van der Waals surface area (Å²) in [6, 6.07) is 0. The minimum absolute atomic E-state index is 0.172. The Balaban J connectivity index is 4.66. The van der Waals surface area contributed by atoms with Crippen LogP contribution in [0.2, 0.25) is 0 Å². The third kappa shape index (κ3) is 51.1. The predicted molar refractivity (Wildman–Crippen MR) is 289 cm³/mol. The van der Waals surface area contributed by atoms with E-state index in [4.69, 9.17) is 23.3 Å². The Morgan fingerprint density at radius 3 is 0.986 bits per heavy atom. The zero-order valence-electron chi connectivity index (χ0n) is 45.8. The lowest BCUT2D eigenvalue weighted by Gasteiger charge is -2.21. The Morgan fingerprint density at radius 2 is 0.657 bits per heavy atom. The molecule has 0 aliphatic rings. The van der Waals surface area contributed by atoms with Gasteiger partial charge in [-0.2, -0.15) is 0 Å². The fourth-order valence-corrected chi connectivity index (χ4v) is 9.43. The third-order valence-electron chi connectivity index (χ3n) is 13.2. The van der Waals surface area contributed by atoms with Crippen LogP contribution in [0.25, 0.3) is 0 Å². The second-order valence-corrected chi connectivity index (χ2v) is 21.6. The highest BCUT2D eigenvalue weighted by atomic mass is 31.2. The van der Waals surface area contributed by atoms with E-state index in [1.165, 1.54) is 186 Å². The molecule has 0 spiro atoms. The molecule has 3 unspecified atom stereocenters. The van der Waals surface area contributed by atoms with Crippen LogP contribution in [0.1, 0.15) is 303 Å². The third-order valence-corrected chi connectivity index (χ3v) is 14.1. The van der Waals surface area contributed by atoms with Gasteiger partial charge in [0.05, 0.1) is 19.8 Å². The fourth-order valence-electron chi connectivity index (χ4n) is 8.65. The SMILES string of the molecule is CCCCCCCC/C=C\CCCCCCCCCCCC(=O)OC(COC(=O)CCCCCCCCCCCCCCC)COP(=O)(O)OCC(CO)OC(=O)CCCCCCCCCCCCC. The van der Waals surface area contributed by atoms with Gasteiger partial charge in [-0.3, -0.25) is 23.4 Å². The Bertz CT molecular complexity index is 1230. The van der Waals surface area contributed by atoms with Crippen LogP contribution in [-0.2, 0) is 42.2 Å². The van der Waals surface area contributed by atoms with Gasteiger partial charge in [0.15, 0.2) is 6.10 Å². The second kappa shape index (κ2) is 53.5. The average molecular weight is 1020 g/mol. The second-order valence-electron chi connectivity index (χ2n) is 20.2. The van der Waals surface area contributed by atoms with Crippen molar-refractivity contribution < 1.29 is 52.2 Å². The van der Waals surface area contributed by atoms with Crippen molar-refractivity contribution >= 4 is 25.7 Å². The molecular formula is C58H111O11P. The number of ether oxygens (including phenoxy) is 3. The monoisotopic (exact) mass is 1010 g/mol. The molecule has 414 valence electrons. The number of allylic oxidation sites excluding steroid dienone is 2. The van der Waals surface area contributed by atoms with Gasteiger partial charge in [-0.25, -0.2) is 4.57 Å². The summed E-state index contributed by atoms with van der Waals surface area (Å²) in [5, 5.41) is 9.79. The highest BCUT2D eigenvalue weighted by Crippen LogP contribution is 2.43. The summed E-state index contributed by atoms with van der Waals surface area (Å²) in [5.74, 6) is -1.44. The quantitative estimate of drug-likeness (QED) is 0.0197. The zero-order chi connectivity index (χ0) is 51.3. The molecule has 12 heteroatoms. The number of phosphoric acid groups is 1. The summed E-state index contributed by atoms with van der Waals surface area (Å²) in [6.45, 7) is 4.68. The highest BCUT2D eigenvalue weighted by molar-refractivity contribution is 7.47. The van der Waals surface area contributed by atoms with Gasteiger partial charge >= 0.3 is 25.7 Å². The van der Waals surface area contributed by atoms with Gasteiger partial charge in [0, 0.05) is 19.3 Å². The summed E-state index contributed by atoms with van der Waals surface area (Å²) < 4.78 is 39.5. The Kier molecular flexibility index (Phi) is 52.1. The molecule has 0 aromatic carbocycles. The minimum Gasteiger partial charge on any atom is -0.462 e. The standard InChI is InChI=1S/C58H111O11P/c1-4-7-10-13-16-19-22-24-25-26-27-28-29-31-34-37-40-43-46-49-58(62)69-55(51-65-56(60)47-44-41-38-35-33-30-23-20-17-14-11-8-5-2)53-67-70(63,64)66-52-54(50-59)68-57(61)48-45-42-39-36-32-21-18-15-12-9-6-3/h24-25,54-55,59H,4-23,26-53H2,1-3H3,(H,63,64)/b25-24-. The first-order chi connectivity index (χ1) is 34.2. The zero-order valence-corrected chi connectivity index (χ0v) is 46.7. The molecule has 0 saturated heterocycles. The predicted octanol–water partition coefficient (Wildman–Crippen LogP) is 17.3. The Hall–Kier alpha value is -1.78. The first kappa shape index (κ1) is 68.2. The van der Waals surface area contributed by atoms with Crippen molar-refractivity contribution in [2.75, 3.05) is 26.4 Å². The molecule has 3 atom stereocenters. The number of hydrogen-bond acceptors (Lipinski definition) is 10. The topological polar surface area (TPSA) is 155 Å². The van der Waals surface area contributed by atoms with Gasteiger partial charge in [0.2, 0.25) is 0 Å². The number of esters is 3. The van der Waals surface area contributed by atoms with Crippen molar-refractivity contribution in [3.05, 3.63) is 12.2 Å². The lowest BCUT2D eigenvalue weighted by Crippen LogP contribution is -2.30. The van der Waals surface area contributed by atoms with E-state index in [0.717, 1.165) is 57.8 Å². The van der Waals surface area contributed by atoms with E-state index in [0.29, 0.717) is 19.3 Å². The van der Waals surface area contributed by atoms with Crippen LogP contribution >= 0.6 is 7.82 Å². The largest absolute Gasteiger partial charge is 0.472 e. The number of hydrogen-bond donors (Lipinski definition) is 2. The van der Waals surface area contributed by atoms with Crippen LogP contribution in [0.5, 0.6) is 0 Å². The van der Waals surface area contributed by atoms with Gasteiger partial charge in [-0.1, -0.05) is 251 Å². The molecule has 70 heavy (non-hydrogen) atoms. The maximum atomic E-state index is 12.9. The van der Waals surface area contributed by atoms with Crippen molar-refractivity contribution in [1.29, 1.82) is 0 Å². The Morgan fingerprint density at radius 1 is 0.386 bits per heavy atom. The molecule has 2 N–H and O–H groups in total. The molecule has 0 radical (unpaired) electrons. The summed E-state index contributed by atoms with van der Waals surface area (Å²) >= 11 is 0. The van der Waals surface area contributed by atoms with Crippen LogP contribution in [0.4, 0.5) is 0 Å². The number of unbranched alkanes of at least 4 members (excludes halogenated alkanes) is 37. The van der Waals surface area contributed by atoms with Crippen LogP contribution in [0, 0.1) is 0 Å². The van der Waals surface area contributed by atoms with Gasteiger partial charge in [0.1, 0.15) is 12.7 Å². The molecule has 0 bridgehead atoms. The first-order valence-corrected chi connectivity index (χ1v) is 31.1. The number of carbonyl (C=O) groups excluding carboxylic acids is 3. The number of aliphatic hydroxyl groups is 1. The van der Waals surface area contributed by atoms with E-state index >= 15 is 0 Å². The van der Waals surface area contributed by atoms with Gasteiger partial charge < -0.3 is 24.2 Å². The van der Waals surface area contributed by atoms with Gasteiger partial charge in [-0.05, 0) is 44.9 Å². The first-order valence-electron chi connectivity index (χ1n) is 29.6. The number of aliphatic hydroxyl groups excluding tert-OH is 1. The molecule has 0 aliphatic carbocycles. The van der Waals surface area contributed by atoms with Crippen molar-refractivity contribution in [3.8, 4) is 0 Å². The molecule has 11 nitrogen and oxygen atoms in total. The van der Waals surface area contributed by atoms with E-state index in [-0.39, 0.29) is 25.9 Å². The molecule has 0 rings (SSSR count). The molecule has 0 heterocycles. The maximum absolute atomic E-state index is 12.9. The lowest BCUT2D eigenvalue weighted by atomic mass is 10.0. The van der Waals surface area contributed by atoms with E-state index < -0.39 is 57.8 Å². The van der Waals surface area contributed by atoms with Crippen LogP contribution in [0.3, 0.4) is 0 Å². The molecule has 0 aliphatic heterocycles. The van der Waals surface area contributed by atoms with Gasteiger partial charge in [0.25, 0.3) is 0 Å². The van der Waals surface area contributed by atoms with E-state index in [1.54, 1.807) is 0 Å². The van der Waals surface area contributed by atoms with Crippen LogP contribution < -0.4 is 0 Å². The summed E-state index contributed by atoms with van der Waals surface area (Å²) in [6.07, 6.45) is 51.7. The summed E-state index contributed by atoms with van der Waals surface area (Å²) in [4.78, 5) is 48.5. The van der Waals surface area contributed by atoms with Crippen molar-refractivity contribution in [2.24, 2.45) is 0 Å². The molecule has 0 fully saturated rings. The normalized spacial score (nSPS) is 13.4. The molecule has 0 aromatic rings. The average Bonchev–Trinajstić information content (AvgIpc) is 3.35. The van der Waals surface area contributed by atoms with Crippen LogP contribution in [0.15, 0.2) is 12.2 Å². The molecular weight excluding hydrogens is 904 g/mol. The van der Waals surface area contributed by atoms with Crippen molar-refractivity contribution in [2.45, 2.75) is 315 Å². The summed E-state index contributed by atoms with van der Waals surface area (Å²) in [5.41, 5.74) is 0. The van der Waals surface area contributed by atoms with E-state index in [1.807, 2.05) is 0 Å².